The molecule has 0 saturated heterocycles. The molecule has 0 bridgehead atoms. The molecule has 0 fully saturated rings. The van der Waals surface area contributed by atoms with E-state index in [1.807, 2.05) is 35.9 Å². The maximum Gasteiger partial charge on any atom is 0.148 e. The van der Waals surface area contributed by atoms with Crippen molar-refractivity contribution in [3.8, 4) is 11.3 Å². The summed E-state index contributed by atoms with van der Waals surface area (Å²) in [5, 5.41) is 9.40. The molecule has 0 saturated carbocycles. The Morgan fingerprint density at radius 1 is 1.09 bits per heavy atom. The van der Waals surface area contributed by atoms with Crippen molar-refractivity contribution < 1.29 is 0 Å². The highest BCUT2D eigenvalue weighted by molar-refractivity contribution is 6.35. The molecule has 1 unspecified atom stereocenters. The maximum atomic E-state index is 6.40. The average molecular weight is 330 g/mol. The second kappa shape index (κ2) is 5.04. The van der Waals surface area contributed by atoms with E-state index >= 15 is 0 Å². The smallest absolute Gasteiger partial charge is 0.148 e. The van der Waals surface area contributed by atoms with Crippen LogP contribution < -0.4 is 5.32 Å². The summed E-state index contributed by atoms with van der Waals surface area (Å²) in [6, 6.07) is 15.9. The van der Waals surface area contributed by atoms with Crippen molar-refractivity contribution in [2.75, 3.05) is 5.32 Å². The molecule has 3 nitrogen and oxygen atoms in total. The molecule has 3 aromatic rings. The SMILES string of the molecule is Cc1cc2n(n1)C(c1ccc(Cl)cc1Cl)Nc1ccccc1-2. The van der Waals surface area contributed by atoms with E-state index in [1.165, 1.54) is 0 Å². The number of aromatic nitrogens is 2. The molecule has 4 rings (SSSR count). The zero-order valence-electron chi connectivity index (χ0n) is 11.8. The minimum absolute atomic E-state index is 0.150. The highest BCUT2D eigenvalue weighted by atomic mass is 35.5. The Morgan fingerprint density at radius 2 is 1.91 bits per heavy atom. The lowest BCUT2D eigenvalue weighted by atomic mass is 10.0. The Labute approximate surface area is 138 Å². The van der Waals surface area contributed by atoms with Gasteiger partial charge >= 0.3 is 0 Å². The Hall–Kier alpha value is -1.97. The largest absolute Gasteiger partial charge is 0.359 e. The van der Waals surface area contributed by atoms with E-state index in [9.17, 15) is 0 Å². The van der Waals surface area contributed by atoms with Crippen LogP contribution in [0.5, 0.6) is 0 Å². The summed E-state index contributed by atoms with van der Waals surface area (Å²) < 4.78 is 1.98. The first-order valence-corrected chi connectivity index (χ1v) is 7.76. The summed E-state index contributed by atoms with van der Waals surface area (Å²) in [5.41, 5.74) is 5.23. The van der Waals surface area contributed by atoms with Crippen LogP contribution in [-0.2, 0) is 0 Å². The molecule has 1 N–H and O–H groups in total. The first-order chi connectivity index (χ1) is 10.6. The minimum atomic E-state index is -0.150. The fourth-order valence-corrected chi connectivity index (χ4v) is 3.40. The number of para-hydroxylation sites is 1. The summed E-state index contributed by atoms with van der Waals surface area (Å²) >= 11 is 12.4. The van der Waals surface area contributed by atoms with Gasteiger partial charge in [-0.2, -0.15) is 5.10 Å². The van der Waals surface area contributed by atoms with Crippen LogP contribution in [0.4, 0.5) is 5.69 Å². The number of hydrogen-bond donors (Lipinski definition) is 1. The maximum absolute atomic E-state index is 6.40. The summed E-state index contributed by atoms with van der Waals surface area (Å²) in [6.45, 7) is 1.99. The zero-order chi connectivity index (χ0) is 15.3. The number of halogens is 2. The number of benzene rings is 2. The molecule has 1 aliphatic rings. The summed E-state index contributed by atoms with van der Waals surface area (Å²) in [7, 11) is 0. The standard InChI is InChI=1S/C17H13Cl2N3/c1-10-8-16-13-4-2-3-5-15(13)20-17(22(16)21-10)12-7-6-11(18)9-14(12)19/h2-9,17,20H,1H3. The van der Waals surface area contributed by atoms with Crippen LogP contribution in [0.25, 0.3) is 11.3 Å². The van der Waals surface area contributed by atoms with Crippen molar-refractivity contribution in [2.24, 2.45) is 0 Å². The van der Waals surface area contributed by atoms with E-state index in [0.29, 0.717) is 10.0 Å². The molecular weight excluding hydrogens is 317 g/mol. The number of nitrogens with one attached hydrogen (secondary N) is 1. The number of aryl methyl sites for hydroxylation is 1. The number of hydrogen-bond acceptors (Lipinski definition) is 2. The molecule has 0 spiro atoms. The summed E-state index contributed by atoms with van der Waals surface area (Å²) in [4.78, 5) is 0. The third kappa shape index (κ3) is 2.09. The van der Waals surface area contributed by atoms with Crippen LogP contribution >= 0.6 is 23.2 Å². The normalized spacial score (nSPS) is 15.9. The van der Waals surface area contributed by atoms with Crippen molar-refractivity contribution in [3.05, 3.63) is 69.8 Å². The molecule has 22 heavy (non-hydrogen) atoms. The van der Waals surface area contributed by atoms with Gasteiger partial charge in [-0.05, 0) is 31.2 Å². The highest BCUT2D eigenvalue weighted by Crippen LogP contribution is 2.40. The zero-order valence-corrected chi connectivity index (χ0v) is 13.4. The fourth-order valence-electron chi connectivity index (χ4n) is 2.89. The quantitative estimate of drug-likeness (QED) is 0.670. The highest BCUT2D eigenvalue weighted by Gasteiger charge is 2.27. The van der Waals surface area contributed by atoms with Gasteiger partial charge in [0.05, 0.1) is 11.4 Å². The van der Waals surface area contributed by atoms with E-state index in [-0.39, 0.29) is 6.17 Å². The van der Waals surface area contributed by atoms with E-state index in [4.69, 9.17) is 23.2 Å². The number of fused-ring (bicyclic) bond motifs is 3. The van der Waals surface area contributed by atoms with E-state index < -0.39 is 0 Å². The average Bonchev–Trinajstić information content (AvgIpc) is 2.88. The Bertz CT molecular complexity index is 870. The van der Waals surface area contributed by atoms with Gasteiger partial charge in [0.1, 0.15) is 6.17 Å². The fraction of sp³-hybridized carbons (Fsp3) is 0.118. The van der Waals surface area contributed by atoms with Crippen LogP contribution in [0, 0.1) is 6.92 Å². The lowest BCUT2D eigenvalue weighted by Gasteiger charge is -2.29. The molecular formula is C17H13Cl2N3. The third-order valence-corrected chi connectivity index (χ3v) is 4.42. The molecule has 0 aliphatic carbocycles. The summed E-state index contributed by atoms with van der Waals surface area (Å²) in [6.07, 6.45) is -0.150. The number of anilines is 1. The van der Waals surface area contributed by atoms with Crippen LogP contribution in [0.2, 0.25) is 10.0 Å². The van der Waals surface area contributed by atoms with Gasteiger partial charge in [-0.15, -0.1) is 0 Å². The molecule has 0 amide bonds. The minimum Gasteiger partial charge on any atom is -0.359 e. The molecule has 5 heteroatoms. The Balaban J connectivity index is 1.92. The topological polar surface area (TPSA) is 29.9 Å². The van der Waals surface area contributed by atoms with Gasteiger partial charge in [0, 0.05) is 26.9 Å². The molecule has 0 radical (unpaired) electrons. The van der Waals surface area contributed by atoms with Crippen LogP contribution in [0.15, 0.2) is 48.5 Å². The second-order valence-corrected chi connectivity index (χ2v) is 6.22. The summed E-state index contributed by atoms with van der Waals surface area (Å²) in [5.74, 6) is 0. The van der Waals surface area contributed by atoms with Gasteiger partial charge in [-0.3, -0.25) is 0 Å². The van der Waals surface area contributed by atoms with Crippen molar-refractivity contribution in [1.29, 1.82) is 0 Å². The molecule has 2 aromatic carbocycles. The third-order valence-electron chi connectivity index (χ3n) is 3.85. The number of nitrogens with zero attached hydrogens (tertiary/aromatic N) is 2. The van der Waals surface area contributed by atoms with Gasteiger partial charge < -0.3 is 5.32 Å². The molecule has 110 valence electrons. The predicted molar refractivity (Wildman–Crippen MR) is 90.6 cm³/mol. The molecule has 1 aliphatic heterocycles. The van der Waals surface area contributed by atoms with E-state index in [0.717, 1.165) is 28.2 Å². The van der Waals surface area contributed by atoms with Crippen molar-refractivity contribution in [2.45, 2.75) is 13.1 Å². The molecule has 1 atom stereocenters. The second-order valence-electron chi connectivity index (χ2n) is 5.37. The van der Waals surface area contributed by atoms with Crippen molar-refractivity contribution >= 4 is 28.9 Å². The van der Waals surface area contributed by atoms with Crippen LogP contribution in [-0.4, -0.2) is 9.78 Å². The van der Waals surface area contributed by atoms with Gasteiger partial charge in [0.25, 0.3) is 0 Å². The van der Waals surface area contributed by atoms with Gasteiger partial charge in [-0.1, -0.05) is 47.5 Å². The first kappa shape index (κ1) is 13.7. The van der Waals surface area contributed by atoms with Crippen LogP contribution in [0.1, 0.15) is 17.4 Å². The predicted octanol–water partition coefficient (Wildman–Crippen LogP) is 5.14. The van der Waals surface area contributed by atoms with E-state index in [2.05, 4.69) is 28.6 Å². The Kier molecular flexibility index (Phi) is 3.13. The van der Waals surface area contributed by atoms with Crippen LogP contribution in [0.3, 0.4) is 0 Å². The molecule has 2 heterocycles. The first-order valence-electron chi connectivity index (χ1n) is 7.00. The molecule has 1 aromatic heterocycles. The van der Waals surface area contributed by atoms with Gasteiger partial charge in [-0.25, -0.2) is 4.68 Å². The van der Waals surface area contributed by atoms with Gasteiger partial charge in [0.2, 0.25) is 0 Å². The van der Waals surface area contributed by atoms with E-state index in [1.54, 1.807) is 6.07 Å². The lowest BCUT2D eigenvalue weighted by molar-refractivity contribution is 0.571. The lowest BCUT2D eigenvalue weighted by Crippen LogP contribution is -2.25. The van der Waals surface area contributed by atoms with Gasteiger partial charge in [0.15, 0.2) is 0 Å². The monoisotopic (exact) mass is 329 g/mol. The van der Waals surface area contributed by atoms with Crippen molar-refractivity contribution in [3.63, 3.8) is 0 Å². The van der Waals surface area contributed by atoms with Crippen molar-refractivity contribution in [1.82, 2.24) is 9.78 Å². The number of rotatable bonds is 1. The Morgan fingerprint density at radius 3 is 2.73 bits per heavy atom.